The number of carbonyl (C=O) groups excluding carboxylic acids is 1. The highest BCUT2D eigenvalue weighted by atomic mass is 16.5. The SMILES string of the molecule is COc1ccccc1CNC(=O)N(CCN(C)C)Cc1cccnc1. The van der Waals surface area contributed by atoms with Crippen LogP contribution in [0.2, 0.25) is 0 Å². The quantitative estimate of drug-likeness (QED) is 0.800. The van der Waals surface area contributed by atoms with Crippen molar-refractivity contribution < 1.29 is 9.53 Å². The molecule has 2 aromatic rings. The average Bonchev–Trinajstić information content (AvgIpc) is 2.64. The first-order valence-corrected chi connectivity index (χ1v) is 8.28. The summed E-state index contributed by atoms with van der Waals surface area (Å²) in [4.78, 5) is 20.6. The predicted molar refractivity (Wildman–Crippen MR) is 98.4 cm³/mol. The third-order valence-electron chi connectivity index (χ3n) is 3.82. The van der Waals surface area contributed by atoms with E-state index in [0.29, 0.717) is 19.6 Å². The number of urea groups is 1. The molecule has 0 spiro atoms. The first-order chi connectivity index (χ1) is 12.1. The van der Waals surface area contributed by atoms with Gasteiger partial charge < -0.3 is 19.9 Å². The number of ether oxygens (including phenoxy) is 1. The minimum Gasteiger partial charge on any atom is -0.496 e. The number of aromatic nitrogens is 1. The van der Waals surface area contributed by atoms with Crippen molar-refractivity contribution in [2.24, 2.45) is 0 Å². The molecule has 0 unspecified atom stereocenters. The molecule has 0 fully saturated rings. The molecule has 1 aromatic carbocycles. The fourth-order valence-electron chi connectivity index (χ4n) is 2.42. The van der Waals surface area contributed by atoms with Crippen LogP contribution < -0.4 is 10.1 Å². The lowest BCUT2D eigenvalue weighted by molar-refractivity contribution is 0.188. The Labute approximate surface area is 149 Å². The summed E-state index contributed by atoms with van der Waals surface area (Å²) in [5.41, 5.74) is 1.96. The van der Waals surface area contributed by atoms with E-state index in [2.05, 4.69) is 15.2 Å². The summed E-state index contributed by atoms with van der Waals surface area (Å²) < 4.78 is 5.33. The number of nitrogens with one attached hydrogen (secondary N) is 1. The maximum atomic E-state index is 12.7. The molecule has 0 aliphatic rings. The molecule has 1 aromatic heterocycles. The van der Waals surface area contributed by atoms with E-state index >= 15 is 0 Å². The molecule has 134 valence electrons. The second-order valence-corrected chi connectivity index (χ2v) is 6.06. The van der Waals surface area contributed by atoms with Crippen LogP contribution in [0.15, 0.2) is 48.8 Å². The number of rotatable bonds is 8. The molecular formula is C19H26N4O2. The van der Waals surface area contributed by atoms with Gasteiger partial charge in [0.2, 0.25) is 0 Å². The standard InChI is InChI=1S/C19H26N4O2/c1-22(2)11-12-23(15-16-7-6-10-20-13-16)19(24)21-14-17-8-4-5-9-18(17)25-3/h4-10,13H,11-12,14-15H2,1-3H3,(H,21,24). The predicted octanol–water partition coefficient (Wildman–Crippen LogP) is 2.36. The molecule has 25 heavy (non-hydrogen) atoms. The lowest BCUT2D eigenvalue weighted by atomic mass is 10.2. The van der Waals surface area contributed by atoms with Crippen molar-refractivity contribution in [2.45, 2.75) is 13.1 Å². The number of likely N-dealkylation sites (N-methyl/N-ethyl adjacent to an activating group) is 1. The molecule has 0 radical (unpaired) electrons. The van der Waals surface area contributed by atoms with Gasteiger partial charge in [-0.15, -0.1) is 0 Å². The van der Waals surface area contributed by atoms with Gasteiger partial charge in [-0.05, 0) is 31.8 Å². The van der Waals surface area contributed by atoms with Crippen molar-refractivity contribution >= 4 is 6.03 Å². The van der Waals surface area contributed by atoms with Crippen molar-refractivity contribution in [3.8, 4) is 5.75 Å². The molecule has 2 amide bonds. The molecule has 6 nitrogen and oxygen atoms in total. The van der Waals surface area contributed by atoms with E-state index in [4.69, 9.17) is 4.74 Å². The zero-order chi connectivity index (χ0) is 18.1. The Balaban J connectivity index is 2.01. The number of carbonyl (C=O) groups is 1. The Morgan fingerprint density at radius 2 is 1.96 bits per heavy atom. The van der Waals surface area contributed by atoms with E-state index in [9.17, 15) is 4.79 Å². The maximum absolute atomic E-state index is 12.7. The Morgan fingerprint density at radius 1 is 1.16 bits per heavy atom. The number of benzene rings is 1. The van der Waals surface area contributed by atoms with E-state index in [1.54, 1.807) is 24.4 Å². The van der Waals surface area contributed by atoms with Crippen LogP contribution in [-0.4, -0.2) is 55.1 Å². The molecule has 0 atom stereocenters. The minimum absolute atomic E-state index is 0.100. The fourth-order valence-corrected chi connectivity index (χ4v) is 2.42. The van der Waals surface area contributed by atoms with Crippen LogP contribution in [0.5, 0.6) is 5.75 Å². The van der Waals surface area contributed by atoms with Gasteiger partial charge >= 0.3 is 6.03 Å². The number of methoxy groups -OCH3 is 1. The third kappa shape index (κ3) is 6.08. The van der Waals surface area contributed by atoms with Crippen LogP contribution in [-0.2, 0) is 13.1 Å². The molecule has 6 heteroatoms. The van der Waals surface area contributed by atoms with Gasteiger partial charge in [0.25, 0.3) is 0 Å². The summed E-state index contributed by atoms with van der Waals surface area (Å²) in [7, 11) is 5.62. The largest absolute Gasteiger partial charge is 0.496 e. The summed E-state index contributed by atoms with van der Waals surface area (Å²) in [6, 6.07) is 11.4. The van der Waals surface area contributed by atoms with Crippen LogP contribution in [0.3, 0.4) is 0 Å². The van der Waals surface area contributed by atoms with Crippen molar-refractivity contribution in [1.29, 1.82) is 0 Å². The number of pyridine rings is 1. The second-order valence-electron chi connectivity index (χ2n) is 6.06. The van der Waals surface area contributed by atoms with Crippen molar-refractivity contribution in [1.82, 2.24) is 20.1 Å². The van der Waals surface area contributed by atoms with E-state index in [0.717, 1.165) is 23.4 Å². The smallest absolute Gasteiger partial charge is 0.318 e. The molecular weight excluding hydrogens is 316 g/mol. The number of hydrogen-bond acceptors (Lipinski definition) is 4. The summed E-state index contributed by atoms with van der Waals surface area (Å²) in [6.07, 6.45) is 3.52. The van der Waals surface area contributed by atoms with E-state index < -0.39 is 0 Å². The Kier molecular flexibility index (Phi) is 7.22. The number of para-hydroxylation sites is 1. The van der Waals surface area contributed by atoms with Gasteiger partial charge in [0.1, 0.15) is 5.75 Å². The Bertz CT molecular complexity index is 661. The van der Waals surface area contributed by atoms with E-state index in [1.165, 1.54) is 0 Å². The summed E-state index contributed by atoms with van der Waals surface area (Å²) in [5.74, 6) is 0.773. The Morgan fingerprint density at radius 3 is 2.64 bits per heavy atom. The van der Waals surface area contributed by atoms with E-state index in [1.807, 2.05) is 50.5 Å². The lowest BCUT2D eigenvalue weighted by Gasteiger charge is -2.25. The van der Waals surface area contributed by atoms with Crippen molar-refractivity contribution in [3.63, 3.8) is 0 Å². The van der Waals surface area contributed by atoms with Crippen LogP contribution in [0.4, 0.5) is 4.79 Å². The number of amides is 2. The molecule has 0 bridgehead atoms. The molecule has 1 N–H and O–H groups in total. The van der Waals surface area contributed by atoms with Crippen molar-refractivity contribution in [2.75, 3.05) is 34.3 Å². The molecule has 2 rings (SSSR count). The number of nitrogens with zero attached hydrogens (tertiary/aromatic N) is 3. The topological polar surface area (TPSA) is 57.7 Å². The third-order valence-corrected chi connectivity index (χ3v) is 3.82. The maximum Gasteiger partial charge on any atom is 0.318 e. The summed E-state index contributed by atoms with van der Waals surface area (Å²) in [5, 5.41) is 2.99. The highest BCUT2D eigenvalue weighted by Gasteiger charge is 2.15. The first kappa shape index (κ1) is 18.7. The molecule has 0 aliphatic carbocycles. The average molecular weight is 342 g/mol. The monoisotopic (exact) mass is 342 g/mol. The summed E-state index contributed by atoms with van der Waals surface area (Å²) in [6.45, 7) is 2.38. The molecule has 0 saturated heterocycles. The van der Waals surface area contributed by atoms with E-state index in [-0.39, 0.29) is 6.03 Å². The van der Waals surface area contributed by atoms with Gasteiger partial charge in [-0.1, -0.05) is 24.3 Å². The second kappa shape index (κ2) is 9.64. The van der Waals surface area contributed by atoms with Gasteiger partial charge in [0.15, 0.2) is 0 Å². The zero-order valence-corrected chi connectivity index (χ0v) is 15.1. The van der Waals surface area contributed by atoms with Crippen LogP contribution in [0, 0.1) is 0 Å². The lowest BCUT2D eigenvalue weighted by Crippen LogP contribution is -2.42. The number of hydrogen-bond donors (Lipinski definition) is 1. The highest BCUT2D eigenvalue weighted by molar-refractivity contribution is 5.74. The fraction of sp³-hybridized carbons (Fsp3) is 0.368. The molecule has 1 heterocycles. The summed E-state index contributed by atoms with van der Waals surface area (Å²) >= 11 is 0. The van der Waals surface area contributed by atoms with Gasteiger partial charge in [0, 0.05) is 44.1 Å². The molecule has 0 aliphatic heterocycles. The van der Waals surface area contributed by atoms with Crippen LogP contribution >= 0.6 is 0 Å². The van der Waals surface area contributed by atoms with Crippen LogP contribution in [0.25, 0.3) is 0 Å². The highest BCUT2D eigenvalue weighted by Crippen LogP contribution is 2.16. The van der Waals surface area contributed by atoms with Gasteiger partial charge in [-0.25, -0.2) is 4.79 Å². The first-order valence-electron chi connectivity index (χ1n) is 8.28. The van der Waals surface area contributed by atoms with Gasteiger partial charge in [-0.3, -0.25) is 4.98 Å². The normalized spacial score (nSPS) is 10.6. The Hall–Kier alpha value is -2.60. The minimum atomic E-state index is -0.100. The van der Waals surface area contributed by atoms with Gasteiger partial charge in [0.05, 0.1) is 7.11 Å². The zero-order valence-electron chi connectivity index (χ0n) is 15.1. The van der Waals surface area contributed by atoms with Gasteiger partial charge in [-0.2, -0.15) is 0 Å². The molecule has 0 saturated carbocycles. The van der Waals surface area contributed by atoms with Crippen molar-refractivity contribution in [3.05, 3.63) is 59.9 Å². The van der Waals surface area contributed by atoms with Crippen LogP contribution in [0.1, 0.15) is 11.1 Å².